The van der Waals surface area contributed by atoms with Crippen molar-refractivity contribution in [3.8, 4) is 5.88 Å². The first-order valence-corrected chi connectivity index (χ1v) is 4.95. The van der Waals surface area contributed by atoms with Gasteiger partial charge in [0.05, 0.1) is 6.20 Å². The van der Waals surface area contributed by atoms with Gasteiger partial charge in [-0.15, -0.1) is 11.3 Å². The molecule has 0 bridgehead atoms. The first kappa shape index (κ1) is 8.96. The van der Waals surface area contributed by atoms with Crippen LogP contribution in [0, 0.1) is 0 Å². The molecule has 2 aromatic rings. The minimum absolute atomic E-state index is 0.438. The molecule has 2 N–H and O–H groups in total. The van der Waals surface area contributed by atoms with Crippen molar-refractivity contribution in [2.75, 3.05) is 5.73 Å². The molecule has 0 spiro atoms. The average Bonchev–Trinajstić information content (AvgIpc) is 2.69. The number of anilines is 1. The average molecular weight is 207 g/mol. The van der Waals surface area contributed by atoms with Gasteiger partial charge in [-0.3, -0.25) is 0 Å². The van der Waals surface area contributed by atoms with Crippen molar-refractivity contribution in [1.29, 1.82) is 0 Å². The smallest absolute Gasteiger partial charge is 0.240 e. The van der Waals surface area contributed by atoms with Crippen molar-refractivity contribution >= 4 is 17.0 Å². The number of hydrogen-bond donors (Lipinski definition) is 1. The molecule has 0 aliphatic heterocycles. The van der Waals surface area contributed by atoms with Crippen LogP contribution in [-0.2, 0) is 6.61 Å². The fourth-order valence-corrected chi connectivity index (χ4v) is 1.60. The molecule has 0 fully saturated rings. The molecule has 5 heteroatoms. The van der Waals surface area contributed by atoms with Crippen LogP contribution >= 0.6 is 11.3 Å². The molecule has 0 amide bonds. The summed E-state index contributed by atoms with van der Waals surface area (Å²) < 4.78 is 5.42. The number of nitrogen functional groups attached to an aromatic ring is 1. The predicted molar refractivity (Wildman–Crippen MR) is 55.1 cm³/mol. The number of thiophene rings is 1. The maximum atomic E-state index is 5.61. The molecule has 2 aromatic heterocycles. The predicted octanol–water partition coefficient (Wildman–Crippen LogP) is 1.70. The summed E-state index contributed by atoms with van der Waals surface area (Å²) in [5.74, 6) is 0.438. The van der Waals surface area contributed by atoms with Gasteiger partial charge in [-0.2, -0.15) is 4.98 Å². The zero-order chi connectivity index (χ0) is 9.80. The van der Waals surface area contributed by atoms with Gasteiger partial charge in [0.25, 0.3) is 0 Å². The molecule has 2 heterocycles. The highest BCUT2D eigenvalue weighted by Gasteiger charge is 2.01. The van der Waals surface area contributed by atoms with Gasteiger partial charge in [-0.05, 0) is 11.4 Å². The quantitative estimate of drug-likeness (QED) is 0.832. The van der Waals surface area contributed by atoms with Crippen LogP contribution in [0.5, 0.6) is 5.88 Å². The van der Waals surface area contributed by atoms with E-state index >= 15 is 0 Å². The fraction of sp³-hybridized carbons (Fsp3) is 0.111. The van der Waals surface area contributed by atoms with Crippen molar-refractivity contribution < 1.29 is 4.74 Å². The van der Waals surface area contributed by atoms with Crippen LogP contribution < -0.4 is 10.5 Å². The first-order valence-electron chi connectivity index (χ1n) is 4.07. The lowest BCUT2D eigenvalue weighted by molar-refractivity contribution is 0.298. The third kappa shape index (κ3) is 2.00. The number of nitrogens with zero attached hydrogens (tertiary/aromatic N) is 2. The number of ether oxygens (including phenoxy) is 1. The standard InChI is InChI=1S/C9H9N3OS/c10-8-4-11-6-12-9(8)13-5-7-2-1-3-14-7/h1-4,6H,5,10H2. The van der Waals surface area contributed by atoms with Crippen molar-refractivity contribution in [1.82, 2.24) is 9.97 Å². The molecule has 0 aromatic carbocycles. The number of aromatic nitrogens is 2. The largest absolute Gasteiger partial charge is 0.470 e. The lowest BCUT2D eigenvalue weighted by Gasteiger charge is -2.04. The van der Waals surface area contributed by atoms with E-state index in [9.17, 15) is 0 Å². The summed E-state index contributed by atoms with van der Waals surface area (Å²) in [6.45, 7) is 0.499. The Balaban J connectivity index is 2.02. The molecule has 0 aliphatic carbocycles. The third-order valence-corrected chi connectivity index (χ3v) is 2.48. The molecule has 0 radical (unpaired) electrons. The Labute approximate surface area is 85.4 Å². The topological polar surface area (TPSA) is 61.0 Å². The second kappa shape index (κ2) is 4.06. The number of rotatable bonds is 3. The molecule has 4 nitrogen and oxygen atoms in total. The van der Waals surface area contributed by atoms with E-state index in [4.69, 9.17) is 10.5 Å². The third-order valence-electron chi connectivity index (χ3n) is 1.63. The van der Waals surface area contributed by atoms with Crippen LogP contribution in [0.1, 0.15) is 4.88 Å². The van der Waals surface area contributed by atoms with Crippen LogP contribution in [0.4, 0.5) is 5.69 Å². The maximum Gasteiger partial charge on any atom is 0.240 e. The van der Waals surface area contributed by atoms with E-state index in [0.29, 0.717) is 18.2 Å². The van der Waals surface area contributed by atoms with E-state index in [2.05, 4.69) is 9.97 Å². The van der Waals surface area contributed by atoms with E-state index in [1.165, 1.54) is 12.5 Å². The van der Waals surface area contributed by atoms with Gasteiger partial charge in [-0.1, -0.05) is 6.07 Å². The second-order valence-electron chi connectivity index (χ2n) is 2.65. The Morgan fingerprint density at radius 2 is 2.43 bits per heavy atom. The lowest BCUT2D eigenvalue weighted by atomic mass is 10.5. The molecule has 0 saturated carbocycles. The van der Waals surface area contributed by atoms with Crippen LogP contribution in [0.25, 0.3) is 0 Å². The van der Waals surface area contributed by atoms with Crippen molar-refractivity contribution in [2.45, 2.75) is 6.61 Å². The molecular formula is C9H9N3OS. The molecule has 0 saturated heterocycles. The summed E-state index contributed by atoms with van der Waals surface area (Å²) in [6, 6.07) is 3.98. The monoisotopic (exact) mass is 207 g/mol. The van der Waals surface area contributed by atoms with Crippen molar-refractivity contribution in [3.63, 3.8) is 0 Å². The first-order chi connectivity index (χ1) is 6.86. The van der Waals surface area contributed by atoms with E-state index in [-0.39, 0.29) is 0 Å². The molecule has 72 valence electrons. The molecule has 2 rings (SSSR count). The molecule has 0 atom stereocenters. The number of hydrogen-bond acceptors (Lipinski definition) is 5. The number of nitrogens with two attached hydrogens (primary N) is 1. The van der Waals surface area contributed by atoms with E-state index in [1.54, 1.807) is 11.3 Å². The molecular weight excluding hydrogens is 198 g/mol. The maximum absolute atomic E-state index is 5.61. The fourth-order valence-electron chi connectivity index (χ4n) is 0.984. The second-order valence-corrected chi connectivity index (χ2v) is 3.68. The van der Waals surface area contributed by atoms with Crippen LogP contribution in [-0.4, -0.2) is 9.97 Å². The summed E-state index contributed by atoms with van der Waals surface area (Å²) in [6.07, 6.45) is 2.94. The normalized spacial score (nSPS) is 10.0. The van der Waals surface area contributed by atoms with Crippen molar-refractivity contribution in [3.05, 3.63) is 34.9 Å². The van der Waals surface area contributed by atoms with Gasteiger partial charge >= 0.3 is 0 Å². The Bertz CT molecular complexity index is 402. The lowest BCUT2D eigenvalue weighted by Crippen LogP contribution is -1.99. The Morgan fingerprint density at radius 1 is 1.50 bits per heavy atom. The van der Waals surface area contributed by atoms with Crippen LogP contribution in [0.15, 0.2) is 30.0 Å². The van der Waals surface area contributed by atoms with Gasteiger partial charge < -0.3 is 10.5 Å². The van der Waals surface area contributed by atoms with Gasteiger partial charge in [0.15, 0.2) is 0 Å². The van der Waals surface area contributed by atoms with E-state index in [0.717, 1.165) is 4.88 Å². The molecule has 14 heavy (non-hydrogen) atoms. The summed E-state index contributed by atoms with van der Waals surface area (Å²) >= 11 is 1.64. The van der Waals surface area contributed by atoms with Gasteiger partial charge in [-0.25, -0.2) is 4.98 Å². The zero-order valence-electron chi connectivity index (χ0n) is 7.38. The SMILES string of the molecule is Nc1cncnc1OCc1cccs1. The Kier molecular flexibility index (Phi) is 2.60. The summed E-state index contributed by atoms with van der Waals surface area (Å²) in [4.78, 5) is 8.84. The molecule has 0 aliphatic rings. The van der Waals surface area contributed by atoms with E-state index < -0.39 is 0 Å². The van der Waals surface area contributed by atoms with E-state index in [1.807, 2.05) is 17.5 Å². The Morgan fingerprint density at radius 3 is 3.14 bits per heavy atom. The minimum atomic E-state index is 0.438. The summed E-state index contributed by atoms with van der Waals surface area (Å²) in [5, 5.41) is 2.00. The van der Waals surface area contributed by atoms with Gasteiger partial charge in [0, 0.05) is 4.88 Å². The van der Waals surface area contributed by atoms with Gasteiger partial charge in [0.2, 0.25) is 5.88 Å². The highest BCUT2D eigenvalue weighted by atomic mass is 32.1. The van der Waals surface area contributed by atoms with Crippen LogP contribution in [0.2, 0.25) is 0 Å². The van der Waals surface area contributed by atoms with Crippen LogP contribution in [0.3, 0.4) is 0 Å². The molecule has 0 unspecified atom stereocenters. The van der Waals surface area contributed by atoms with Gasteiger partial charge in [0.1, 0.15) is 18.6 Å². The summed E-state index contributed by atoms with van der Waals surface area (Å²) in [5.41, 5.74) is 6.08. The highest BCUT2D eigenvalue weighted by molar-refractivity contribution is 7.09. The Hall–Kier alpha value is -1.62. The minimum Gasteiger partial charge on any atom is -0.470 e. The van der Waals surface area contributed by atoms with Crippen molar-refractivity contribution in [2.24, 2.45) is 0 Å². The highest BCUT2D eigenvalue weighted by Crippen LogP contribution is 2.17. The zero-order valence-corrected chi connectivity index (χ0v) is 8.20. The summed E-state index contributed by atoms with van der Waals surface area (Å²) in [7, 11) is 0.